The lowest BCUT2D eigenvalue weighted by Gasteiger charge is -2.35. The summed E-state index contributed by atoms with van der Waals surface area (Å²) >= 11 is 1.18. The second kappa shape index (κ2) is 5.46. The summed E-state index contributed by atoms with van der Waals surface area (Å²) in [4.78, 5) is 16.6. The Morgan fingerprint density at radius 1 is 1.68 bits per heavy atom. The number of thiazole rings is 1. The van der Waals surface area contributed by atoms with Crippen LogP contribution in [0.2, 0.25) is 0 Å². The van der Waals surface area contributed by atoms with E-state index in [1.165, 1.54) is 11.3 Å². The van der Waals surface area contributed by atoms with Crippen molar-refractivity contribution in [3.05, 3.63) is 10.6 Å². The molecule has 0 radical (unpaired) electrons. The third-order valence-corrected chi connectivity index (χ3v) is 4.65. The van der Waals surface area contributed by atoms with Crippen LogP contribution in [-0.4, -0.2) is 28.1 Å². The van der Waals surface area contributed by atoms with Crippen LogP contribution in [0, 0.1) is 12.8 Å². The fourth-order valence-corrected chi connectivity index (χ4v) is 3.50. The molecule has 19 heavy (non-hydrogen) atoms. The van der Waals surface area contributed by atoms with Crippen molar-refractivity contribution < 1.29 is 9.90 Å². The maximum atomic E-state index is 12.0. The van der Waals surface area contributed by atoms with Gasteiger partial charge in [-0.2, -0.15) is 0 Å². The van der Waals surface area contributed by atoms with Crippen molar-refractivity contribution in [1.29, 1.82) is 0 Å². The number of aryl methyl sites for hydroxylation is 1. The Morgan fingerprint density at radius 2 is 2.42 bits per heavy atom. The van der Waals surface area contributed by atoms with Crippen LogP contribution in [0.25, 0.3) is 0 Å². The van der Waals surface area contributed by atoms with E-state index in [1.54, 1.807) is 6.92 Å². The second-order valence-electron chi connectivity index (χ2n) is 5.58. The number of nitrogens with one attached hydrogen (secondary N) is 1. The number of anilines is 1. The Kier molecular flexibility index (Phi) is 4.10. The molecule has 106 valence electrons. The monoisotopic (exact) mass is 283 g/mol. The number of carbonyl (C=O) groups excluding carboxylic acids is 1. The zero-order chi connectivity index (χ0) is 14.0. The molecular formula is C13H21N3O2S. The van der Waals surface area contributed by atoms with Gasteiger partial charge in [-0.25, -0.2) is 4.98 Å². The van der Waals surface area contributed by atoms with Crippen molar-refractivity contribution in [1.82, 2.24) is 10.3 Å². The molecule has 1 aromatic rings. The Bertz CT molecular complexity index is 474. The van der Waals surface area contributed by atoms with Gasteiger partial charge in [0.05, 0.1) is 11.3 Å². The molecule has 5 nitrogen and oxygen atoms in total. The average molecular weight is 283 g/mol. The summed E-state index contributed by atoms with van der Waals surface area (Å²) in [7, 11) is 0. The van der Waals surface area contributed by atoms with Crippen LogP contribution in [0.15, 0.2) is 0 Å². The Labute approximate surface area is 117 Å². The standard InChI is InChI=1S/C13H21N3O2S/c1-8-4-3-5-13(18,6-8)7-15-11(17)10-9(2)16-12(14)19-10/h8,18H,3-7H2,1-2H3,(H2,14,16)(H,15,17). The molecule has 0 bridgehead atoms. The molecule has 1 heterocycles. The molecule has 1 amide bonds. The summed E-state index contributed by atoms with van der Waals surface area (Å²) in [5.74, 6) is 0.315. The molecule has 0 saturated heterocycles. The first-order chi connectivity index (χ1) is 8.89. The number of amides is 1. The first-order valence-electron chi connectivity index (χ1n) is 6.63. The molecule has 0 aromatic carbocycles. The number of hydrogen-bond donors (Lipinski definition) is 3. The highest BCUT2D eigenvalue weighted by Crippen LogP contribution is 2.31. The van der Waals surface area contributed by atoms with Crippen LogP contribution < -0.4 is 11.1 Å². The molecular weight excluding hydrogens is 262 g/mol. The van der Waals surface area contributed by atoms with E-state index < -0.39 is 5.60 Å². The van der Waals surface area contributed by atoms with E-state index in [-0.39, 0.29) is 5.91 Å². The van der Waals surface area contributed by atoms with Gasteiger partial charge in [0.2, 0.25) is 0 Å². The summed E-state index contributed by atoms with van der Waals surface area (Å²) in [5, 5.41) is 13.7. The third kappa shape index (κ3) is 3.45. The van der Waals surface area contributed by atoms with Crippen LogP contribution in [0.3, 0.4) is 0 Å². The van der Waals surface area contributed by atoms with E-state index in [9.17, 15) is 9.90 Å². The molecule has 0 aliphatic heterocycles. The van der Waals surface area contributed by atoms with Crippen molar-refractivity contribution in [2.75, 3.05) is 12.3 Å². The number of carbonyl (C=O) groups is 1. The summed E-state index contributed by atoms with van der Waals surface area (Å²) in [5.41, 5.74) is 5.45. The Balaban J connectivity index is 1.95. The third-order valence-electron chi connectivity index (χ3n) is 3.66. The van der Waals surface area contributed by atoms with E-state index in [2.05, 4.69) is 17.2 Å². The van der Waals surface area contributed by atoms with E-state index in [0.29, 0.717) is 28.2 Å². The van der Waals surface area contributed by atoms with Gasteiger partial charge in [-0.05, 0) is 25.7 Å². The summed E-state index contributed by atoms with van der Waals surface area (Å²) in [6.45, 7) is 4.20. The van der Waals surface area contributed by atoms with E-state index in [1.807, 2.05) is 0 Å². The van der Waals surface area contributed by atoms with Gasteiger partial charge < -0.3 is 16.2 Å². The molecule has 1 aromatic heterocycles. The molecule has 1 fully saturated rings. The van der Waals surface area contributed by atoms with Gasteiger partial charge in [0.25, 0.3) is 5.91 Å². The first kappa shape index (κ1) is 14.3. The lowest BCUT2D eigenvalue weighted by Crippen LogP contribution is -2.45. The van der Waals surface area contributed by atoms with Crippen LogP contribution in [0.1, 0.15) is 48.0 Å². The fraction of sp³-hybridized carbons (Fsp3) is 0.692. The largest absolute Gasteiger partial charge is 0.388 e. The van der Waals surface area contributed by atoms with Crippen LogP contribution in [0.4, 0.5) is 5.13 Å². The van der Waals surface area contributed by atoms with Crippen molar-refractivity contribution in [3.8, 4) is 0 Å². The molecule has 2 rings (SSSR count). The summed E-state index contributed by atoms with van der Waals surface area (Å²) < 4.78 is 0. The van der Waals surface area contributed by atoms with Crippen molar-refractivity contribution in [2.45, 2.75) is 45.1 Å². The van der Waals surface area contributed by atoms with Gasteiger partial charge in [-0.1, -0.05) is 31.1 Å². The van der Waals surface area contributed by atoms with Gasteiger partial charge in [-0.3, -0.25) is 4.79 Å². The molecule has 1 aliphatic rings. The molecule has 4 N–H and O–H groups in total. The smallest absolute Gasteiger partial charge is 0.263 e. The zero-order valence-corrected chi connectivity index (χ0v) is 12.2. The van der Waals surface area contributed by atoms with Crippen LogP contribution in [-0.2, 0) is 0 Å². The van der Waals surface area contributed by atoms with Crippen LogP contribution in [0.5, 0.6) is 0 Å². The highest BCUT2D eigenvalue weighted by atomic mass is 32.1. The van der Waals surface area contributed by atoms with Crippen molar-refractivity contribution >= 4 is 22.4 Å². The zero-order valence-electron chi connectivity index (χ0n) is 11.4. The van der Waals surface area contributed by atoms with E-state index in [0.717, 1.165) is 25.7 Å². The molecule has 0 spiro atoms. The lowest BCUT2D eigenvalue weighted by molar-refractivity contribution is -0.0109. The molecule has 2 unspecified atom stereocenters. The minimum absolute atomic E-state index is 0.196. The molecule has 2 atom stereocenters. The Hall–Kier alpha value is -1.14. The molecule has 1 saturated carbocycles. The summed E-state index contributed by atoms with van der Waals surface area (Å²) in [6.07, 6.45) is 3.67. The second-order valence-corrected chi connectivity index (χ2v) is 6.61. The number of hydrogen-bond acceptors (Lipinski definition) is 5. The van der Waals surface area contributed by atoms with Gasteiger partial charge in [-0.15, -0.1) is 0 Å². The average Bonchev–Trinajstić information content (AvgIpc) is 2.65. The SMILES string of the molecule is Cc1nc(N)sc1C(=O)NCC1(O)CCCC(C)C1. The van der Waals surface area contributed by atoms with Gasteiger partial charge >= 0.3 is 0 Å². The van der Waals surface area contributed by atoms with Gasteiger partial charge in [0.15, 0.2) is 5.13 Å². The first-order valence-corrected chi connectivity index (χ1v) is 7.45. The predicted octanol–water partition coefficient (Wildman–Crippen LogP) is 1.70. The van der Waals surface area contributed by atoms with E-state index in [4.69, 9.17) is 5.73 Å². The number of rotatable bonds is 3. The van der Waals surface area contributed by atoms with Gasteiger partial charge in [0.1, 0.15) is 4.88 Å². The normalized spacial score (nSPS) is 27.2. The summed E-state index contributed by atoms with van der Waals surface area (Å²) in [6, 6.07) is 0. The van der Waals surface area contributed by atoms with Crippen molar-refractivity contribution in [3.63, 3.8) is 0 Å². The predicted molar refractivity (Wildman–Crippen MR) is 76.2 cm³/mol. The lowest BCUT2D eigenvalue weighted by atomic mass is 9.79. The minimum Gasteiger partial charge on any atom is -0.388 e. The maximum Gasteiger partial charge on any atom is 0.263 e. The number of aliphatic hydroxyl groups is 1. The highest BCUT2D eigenvalue weighted by molar-refractivity contribution is 7.17. The van der Waals surface area contributed by atoms with Crippen LogP contribution >= 0.6 is 11.3 Å². The molecule has 6 heteroatoms. The number of nitrogens with two attached hydrogens (primary N) is 1. The van der Waals surface area contributed by atoms with E-state index >= 15 is 0 Å². The maximum absolute atomic E-state index is 12.0. The topological polar surface area (TPSA) is 88.2 Å². The number of nitrogen functional groups attached to an aromatic ring is 1. The van der Waals surface area contributed by atoms with Crippen molar-refractivity contribution in [2.24, 2.45) is 5.92 Å². The fourth-order valence-electron chi connectivity index (χ4n) is 2.75. The quantitative estimate of drug-likeness (QED) is 0.788. The minimum atomic E-state index is -0.766. The van der Waals surface area contributed by atoms with Gasteiger partial charge in [0, 0.05) is 6.54 Å². The molecule has 1 aliphatic carbocycles. The number of nitrogens with zero attached hydrogens (tertiary/aromatic N) is 1. The highest BCUT2D eigenvalue weighted by Gasteiger charge is 2.33. The Morgan fingerprint density at radius 3 is 3.00 bits per heavy atom. The number of aromatic nitrogens is 1.